The number of hydrogen-bond acceptors (Lipinski definition) is 4. The Morgan fingerprint density at radius 1 is 1.42 bits per heavy atom. The molecule has 5 heteroatoms. The minimum absolute atomic E-state index is 0.188. The highest BCUT2D eigenvalue weighted by Gasteiger charge is 2.16. The summed E-state index contributed by atoms with van der Waals surface area (Å²) in [6, 6.07) is 4.70. The Bertz CT molecular complexity index is 687. The number of aromatic nitrogens is 2. The van der Waals surface area contributed by atoms with Crippen LogP contribution in [0.4, 0.5) is 5.82 Å². The van der Waals surface area contributed by atoms with Gasteiger partial charge in [0.2, 0.25) is 0 Å². The van der Waals surface area contributed by atoms with E-state index in [1.54, 1.807) is 6.07 Å². The highest BCUT2D eigenvalue weighted by Crippen LogP contribution is 2.23. The smallest absolute Gasteiger partial charge is 0.335 e. The second-order valence-corrected chi connectivity index (χ2v) is 4.65. The van der Waals surface area contributed by atoms with Crippen molar-refractivity contribution >= 4 is 22.7 Å². The van der Waals surface area contributed by atoms with Gasteiger partial charge in [-0.15, -0.1) is 6.42 Å². The molecule has 0 unspecified atom stereocenters. The maximum absolute atomic E-state index is 10.9. The normalized spacial score (nSPS) is 11.0. The predicted molar refractivity (Wildman–Crippen MR) is 73.0 cm³/mol. The fraction of sp³-hybridized carbons (Fsp3) is 0.214. The van der Waals surface area contributed by atoms with Crippen LogP contribution in [-0.2, 0) is 0 Å². The Labute approximate surface area is 110 Å². The number of aromatic carboxylic acids is 1. The Morgan fingerprint density at radius 2 is 2.16 bits per heavy atom. The molecule has 0 bridgehead atoms. The summed E-state index contributed by atoms with van der Waals surface area (Å²) in [6.45, 7) is 3.71. The fourth-order valence-electron chi connectivity index (χ4n) is 1.62. The molecule has 0 amide bonds. The Morgan fingerprint density at radius 3 is 2.79 bits per heavy atom. The molecule has 0 radical (unpaired) electrons. The lowest BCUT2D eigenvalue weighted by Gasteiger charge is -2.21. The van der Waals surface area contributed by atoms with E-state index < -0.39 is 11.5 Å². The first-order valence-electron chi connectivity index (χ1n) is 5.67. The van der Waals surface area contributed by atoms with E-state index in [0.717, 1.165) is 5.39 Å². The van der Waals surface area contributed by atoms with Crippen LogP contribution in [0.25, 0.3) is 10.9 Å². The fourth-order valence-corrected chi connectivity index (χ4v) is 1.62. The Hall–Kier alpha value is -2.61. The second-order valence-electron chi connectivity index (χ2n) is 4.65. The predicted octanol–water partition coefficient (Wildman–Crippen LogP) is 2.15. The van der Waals surface area contributed by atoms with Crippen molar-refractivity contribution in [1.29, 1.82) is 0 Å². The van der Waals surface area contributed by atoms with Crippen LogP contribution in [0.2, 0.25) is 0 Å². The van der Waals surface area contributed by atoms with Crippen LogP contribution in [0.15, 0.2) is 24.5 Å². The molecule has 0 saturated heterocycles. The van der Waals surface area contributed by atoms with Crippen LogP contribution in [0.5, 0.6) is 0 Å². The van der Waals surface area contributed by atoms with E-state index in [4.69, 9.17) is 11.5 Å². The summed E-state index contributed by atoms with van der Waals surface area (Å²) < 4.78 is 0. The standard InChI is InChI=1S/C14H13N3O2/c1-4-14(2,3)17-12-10-6-5-9(13(18)19)7-11(10)15-8-16-12/h1,5-8H,2-3H3,(H,18,19)(H,15,16,17). The van der Waals surface area contributed by atoms with Crippen LogP contribution in [0.3, 0.4) is 0 Å². The van der Waals surface area contributed by atoms with E-state index in [2.05, 4.69) is 21.2 Å². The molecule has 0 aliphatic heterocycles. The molecule has 96 valence electrons. The number of carbonyl (C=O) groups is 1. The summed E-state index contributed by atoms with van der Waals surface area (Å²) in [6.07, 6.45) is 6.81. The number of carboxylic acids is 1. The number of carboxylic acid groups (broad SMARTS) is 1. The van der Waals surface area contributed by atoms with Crippen molar-refractivity contribution < 1.29 is 9.90 Å². The lowest BCUT2D eigenvalue weighted by molar-refractivity contribution is 0.0697. The van der Waals surface area contributed by atoms with Crippen molar-refractivity contribution in [2.75, 3.05) is 5.32 Å². The minimum atomic E-state index is -0.987. The molecular weight excluding hydrogens is 242 g/mol. The molecule has 2 aromatic rings. The van der Waals surface area contributed by atoms with Crippen LogP contribution in [0.1, 0.15) is 24.2 Å². The molecule has 0 aliphatic rings. The van der Waals surface area contributed by atoms with Crippen molar-refractivity contribution in [1.82, 2.24) is 9.97 Å². The quantitative estimate of drug-likeness (QED) is 0.822. The molecule has 0 atom stereocenters. The average molecular weight is 255 g/mol. The van der Waals surface area contributed by atoms with Crippen molar-refractivity contribution in [2.45, 2.75) is 19.4 Å². The van der Waals surface area contributed by atoms with E-state index in [0.29, 0.717) is 11.3 Å². The first-order valence-corrected chi connectivity index (χ1v) is 5.67. The minimum Gasteiger partial charge on any atom is -0.478 e. The van der Waals surface area contributed by atoms with Gasteiger partial charge in [-0.2, -0.15) is 0 Å². The molecule has 0 aliphatic carbocycles. The van der Waals surface area contributed by atoms with Gasteiger partial charge in [-0.05, 0) is 32.0 Å². The van der Waals surface area contributed by atoms with Crippen LogP contribution < -0.4 is 5.32 Å². The van der Waals surface area contributed by atoms with Gasteiger partial charge in [0.05, 0.1) is 16.6 Å². The van der Waals surface area contributed by atoms with Gasteiger partial charge in [-0.25, -0.2) is 14.8 Å². The molecule has 1 aromatic carbocycles. The number of terminal acetylenes is 1. The van der Waals surface area contributed by atoms with Gasteiger partial charge >= 0.3 is 5.97 Å². The highest BCUT2D eigenvalue weighted by molar-refractivity contribution is 5.96. The first-order chi connectivity index (χ1) is 8.93. The highest BCUT2D eigenvalue weighted by atomic mass is 16.4. The van der Waals surface area contributed by atoms with E-state index in [-0.39, 0.29) is 5.56 Å². The summed E-state index contributed by atoms with van der Waals surface area (Å²) in [5.74, 6) is 2.22. The molecule has 5 nitrogen and oxygen atoms in total. The molecule has 1 aromatic heterocycles. The van der Waals surface area contributed by atoms with Crippen molar-refractivity contribution in [3.05, 3.63) is 30.1 Å². The molecule has 0 saturated carbocycles. The number of hydrogen-bond donors (Lipinski definition) is 2. The summed E-state index contributed by atoms with van der Waals surface area (Å²) in [5, 5.41) is 12.8. The lowest BCUT2D eigenvalue weighted by Crippen LogP contribution is -2.29. The Kier molecular flexibility index (Phi) is 3.09. The number of benzene rings is 1. The van der Waals surface area contributed by atoms with Crippen LogP contribution >= 0.6 is 0 Å². The van der Waals surface area contributed by atoms with Gasteiger partial charge < -0.3 is 10.4 Å². The zero-order valence-electron chi connectivity index (χ0n) is 10.6. The molecule has 0 spiro atoms. The van der Waals surface area contributed by atoms with E-state index in [9.17, 15) is 4.79 Å². The molecule has 19 heavy (non-hydrogen) atoms. The van der Waals surface area contributed by atoms with Gasteiger partial charge in [-0.1, -0.05) is 5.92 Å². The largest absolute Gasteiger partial charge is 0.478 e. The topological polar surface area (TPSA) is 75.1 Å². The molecular formula is C14H13N3O2. The summed E-state index contributed by atoms with van der Waals surface area (Å²) in [5.41, 5.74) is 0.200. The first kappa shape index (κ1) is 12.8. The van der Waals surface area contributed by atoms with Gasteiger partial charge in [0.15, 0.2) is 0 Å². The molecule has 0 fully saturated rings. The summed E-state index contributed by atoms with van der Waals surface area (Å²) >= 11 is 0. The van der Waals surface area contributed by atoms with E-state index in [1.807, 2.05) is 13.8 Å². The molecule has 2 rings (SSSR count). The average Bonchev–Trinajstić information content (AvgIpc) is 2.38. The molecule has 2 N–H and O–H groups in total. The monoisotopic (exact) mass is 255 g/mol. The van der Waals surface area contributed by atoms with Crippen molar-refractivity contribution in [3.8, 4) is 12.3 Å². The van der Waals surface area contributed by atoms with Crippen molar-refractivity contribution in [3.63, 3.8) is 0 Å². The van der Waals surface area contributed by atoms with E-state index in [1.165, 1.54) is 18.5 Å². The summed E-state index contributed by atoms with van der Waals surface area (Å²) in [7, 11) is 0. The maximum atomic E-state index is 10.9. The zero-order valence-corrected chi connectivity index (χ0v) is 10.6. The third-order valence-corrected chi connectivity index (χ3v) is 2.68. The SMILES string of the molecule is C#CC(C)(C)Nc1ncnc2cc(C(=O)O)ccc12. The number of anilines is 1. The number of rotatable bonds is 3. The third kappa shape index (κ3) is 2.63. The van der Waals surface area contributed by atoms with Gasteiger partial charge in [0, 0.05) is 5.39 Å². The van der Waals surface area contributed by atoms with Gasteiger partial charge in [0.1, 0.15) is 12.1 Å². The van der Waals surface area contributed by atoms with Gasteiger partial charge in [0.25, 0.3) is 0 Å². The van der Waals surface area contributed by atoms with Crippen LogP contribution in [0, 0.1) is 12.3 Å². The lowest BCUT2D eigenvalue weighted by atomic mass is 10.1. The van der Waals surface area contributed by atoms with Crippen molar-refractivity contribution in [2.24, 2.45) is 0 Å². The van der Waals surface area contributed by atoms with E-state index >= 15 is 0 Å². The molecule has 1 heterocycles. The third-order valence-electron chi connectivity index (χ3n) is 2.68. The van der Waals surface area contributed by atoms with Crippen LogP contribution in [-0.4, -0.2) is 26.6 Å². The Balaban J connectivity index is 2.53. The summed E-state index contributed by atoms with van der Waals surface area (Å²) in [4.78, 5) is 19.1. The zero-order chi connectivity index (χ0) is 14.0. The number of nitrogens with one attached hydrogen (secondary N) is 1. The maximum Gasteiger partial charge on any atom is 0.335 e. The second kappa shape index (κ2) is 4.58. The number of nitrogens with zero attached hydrogens (tertiary/aromatic N) is 2. The van der Waals surface area contributed by atoms with Gasteiger partial charge in [-0.3, -0.25) is 0 Å². The number of fused-ring (bicyclic) bond motifs is 1.